The van der Waals surface area contributed by atoms with Crippen molar-refractivity contribution in [1.82, 2.24) is 9.29 Å². The Balaban J connectivity index is 1.32. The average Bonchev–Trinajstić information content (AvgIpc) is 3.42. The summed E-state index contributed by atoms with van der Waals surface area (Å²) in [4.78, 5) is 20.2. The summed E-state index contributed by atoms with van der Waals surface area (Å²) in [6.45, 7) is 4.45. The van der Waals surface area contributed by atoms with Gasteiger partial charge in [0.15, 0.2) is 0 Å². The molecule has 0 bridgehead atoms. The number of carbonyl (C=O) groups is 1. The van der Waals surface area contributed by atoms with E-state index in [1.165, 1.54) is 0 Å². The molecule has 2 saturated heterocycles. The van der Waals surface area contributed by atoms with E-state index in [0.29, 0.717) is 29.6 Å². The van der Waals surface area contributed by atoms with E-state index in [-0.39, 0.29) is 11.8 Å². The number of aromatic nitrogens is 1. The van der Waals surface area contributed by atoms with Crippen LogP contribution in [0.2, 0.25) is 5.02 Å². The Hall–Kier alpha value is -2.68. The highest BCUT2D eigenvalue weighted by Gasteiger charge is 2.29. The van der Waals surface area contributed by atoms with Crippen molar-refractivity contribution >= 4 is 49.9 Å². The predicted molar refractivity (Wildman–Crippen MR) is 139 cm³/mol. The molecule has 2 aliphatic rings. The summed E-state index contributed by atoms with van der Waals surface area (Å²) in [5, 5.41) is 4.45. The number of benzene rings is 2. The lowest BCUT2D eigenvalue weighted by atomic mass is 9.96. The number of anilines is 2. The zero-order valence-corrected chi connectivity index (χ0v) is 21.3. The largest absolute Gasteiger partial charge is 0.356 e. The average molecular weight is 513 g/mol. The molecule has 0 aliphatic carbocycles. The second kappa shape index (κ2) is 9.76. The van der Waals surface area contributed by atoms with Gasteiger partial charge in [-0.15, -0.1) is 0 Å². The van der Waals surface area contributed by atoms with Crippen molar-refractivity contribution in [3.8, 4) is 0 Å². The highest BCUT2D eigenvalue weighted by molar-refractivity contribution is 7.89. The van der Waals surface area contributed by atoms with Gasteiger partial charge >= 0.3 is 0 Å². The minimum absolute atomic E-state index is 0.0161. The lowest BCUT2D eigenvalue weighted by Gasteiger charge is -2.33. The van der Waals surface area contributed by atoms with Gasteiger partial charge in [0.1, 0.15) is 5.82 Å². The van der Waals surface area contributed by atoms with Gasteiger partial charge in [-0.1, -0.05) is 17.7 Å². The molecule has 2 aliphatic heterocycles. The van der Waals surface area contributed by atoms with Crippen LogP contribution in [-0.2, 0) is 14.8 Å². The summed E-state index contributed by atoms with van der Waals surface area (Å²) in [5.41, 5.74) is 2.34. The monoisotopic (exact) mass is 512 g/mol. The predicted octanol–water partition coefficient (Wildman–Crippen LogP) is 4.84. The van der Waals surface area contributed by atoms with Crippen molar-refractivity contribution < 1.29 is 13.2 Å². The Morgan fingerprint density at radius 3 is 2.66 bits per heavy atom. The lowest BCUT2D eigenvalue weighted by Crippen LogP contribution is -2.41. The first-order chi connectivity index (χ1) is 16.8. The van der Waals surface area contributed by atoms with Gasteiger partial charge < -0.3 is 10.2 Å². The minimum Gasteiger partial charge on any atom is -0.356 e. The van der Waals surface area contributed by atoms with Crippen LogP contribution in [0.3, 0.4) is 0 Å². The third-order valence-electron chi connectivity index (χ3n) is 6.99. The Kier molecular flexibility index (Phi) is 6.70. The van der Waals surface area contributed by atoms with Crippen molar-refractivity contribution in [2.45, 2.75) is 37.5 Å². The van der Waals surface area contributed by atoms with Crippen LogP contribution in [0.5, 0.6) is 0 Å². The SMILES string of the molecule is Cc1c(Cl)cccc1NC(=O)C1CCCN(c2ccc3cc(S(=O)(=O)N4CCCC4)ccc3n2)C1. The van der Waals surface area contributed by atoms with Gasteiger partial charge in [-0.25, -0.2) is 13.4 Å². The molecular weight excluding hydrogens is 484 g/mol. The van der Waals surface area contributed by atoms with E-state index in [1.807, 2.05) is 37.3 Å². The number of rotatable bonds is 5. The van der Waals surface area contributed by atoms with Crippen LogP contribution in [0.25, 0.3) is 10.9 Å². The van der Waals surface area contributed by atoms with Crippen molar-refractivity contribution in [1.29, 1.82) is 0 Å². The van der Waals surface area contributed by atoms with Crippen molar-refractivity contribution in [3.05, 3.63) is 59.1 Å². The standard InChI is InChI=1S/C26H29ClN4O3S/c1-18-22(27)7-4-8-23(18)29-26(32)20-6-5-13-30(17-20)25-12-9-19-16-21(10-11-24(19)28-25)35(33,34)31-14-2-3-15-31/h4,7-12,16,20H,2-3,5-6,13-15,17H2,1H3,(H,29,32). The molecule has 184 valence electrons. The molecule has 2 aromatic carbocycles. The Morgan fingerprint density at radius 2 is 1.86 bits per heavy atom. The first kappa shape index (κ1) is 24.0. The second-order valence-corrected chi connectivity index (χ2v) is 11.7. The summed E-state index contributed by atoms with van der Waals surface area (Å²) in [6.07, 6.45) is 3.52. The molecule has 1 unspecified atom stereocenters. The molecule has 1 aromatic heterocycles. The summed E-state index contributed by atoms with van der Waals surface area (Å²) in [7, 11) is -3.47. The zero-order chi connectivity index (χ0) is 24.6. The maximum Gasteiger partial charge on any atom is 0.243 e. The smallest absolute Gasteiger partial charge is 0.243 e. The lowest BCUT2D eigenvalue weighted by molar-refractivity contribution is -0.120. The summed E-state index contributed by atoms with van der Waals surface area (Å²) < 4.78 is 27.4. The third-order valence-corrected chi connectivity index (χ3v) is 9.29. The number of carbonyl (C=O) groups excluding carboxylic acids is 1. The van der Waals surface area contributed by atoms with E-state index in [9.17, 15) is 13.2 Å². The summed E-state index contributed by atoms with van der Waals surface area (Å²) in [5.74, 6) is 0.620. The molecule has 35 heavy (non-hydrogen) atoms. The molecule has 7 nitrogen and oxygen atoms in total. The van der Waals surface area contributed by atoms with E-state index < -0.39 is 10.0 Å². The molecule has 0 spiro atoms. The van der Waals surface area contributed by atoms with Gasteiger partial charge in [-0.3, -0.25) is 4.79 Å². The number of hydrogen-bond acceptors (Lipinski definition) is 5. The van der Waals surface area contributed by atoms with Crippen LogP contribution < -0.4 is 10.2 Å². The van der Waals surface area contributed by atoms with Crippen molar-refractivity contribution in [2.75, 3.05) is 36.4 Å². The first-order valence-corrected chi connectivity index (χ1v) is 13.9. The van der Waals surface area contributed by atoms with Gasteiger partial charge in [-0.2, -0.15) is 4.31 Å². The normalized spacial score (nSPS) is 19.3. The minimum atomic E-state index is -3.47. The second-order valence-electron chi connectivity index (χ2n) is 9.32. The number of piperidine rings is 1. The fourth-order valence-corrected chi connectivity index (χ4v) is 6.61. The van der Waals surface area contributed by atoms with Crippen LogP contribution in [0.1, 0.15) is 31.2 Å². The fourth-order valence-electron chi connectivity index (χ4n) is 4.88. The highest BCUT2D eigenvalue weighted by Crippen LogP contribution is 2.29. The number of nitrogens with zero attached hydrogens (tertiary/aromatic N) is 3. The maximum absolute atomic E-state index is 13.0. The third kappa shape index (κ3) is 4.87. The zero-order valence-electron chi connectivity index (χ0n) is 19.7. The molecular formula is C26H29ClN4O3S. The van der Waals surface area contributed by atoms with E-state index in [4.69, 9.17) is 16.6 Å². The number of halogens is 1. The summed E-state index contributed by atoms with van der Waals surface area (Å²) >= 11 is 6.20. The highest BCUT2D eigenvalue weighted by atomic mass is 35.5. The van der Waals surface area contributed by atoms with Crippen molar-refractivity contribution in [2.24, 2.45) is 5.92 Å². The molecule has 1 N–H and O–H groups in total. The number of hydrogen-bond donors (Lipinski definition) is 1. The quantitative estimate of drug-likeness (QED) is 0.529. The Labute approximate surface area is 211 Å². The molecule has 3 heterocycles. The van der Waals surface area contributed by atoms with E-state index in [1.54, 1.807) is 22.5 Å². The summed E-state index contributed by atoms with van der Waals surface area (Å²) in [6, 6.07) is 14.5. The van der Waals surface area contributed by atoms with Crippen LogP contribution in [0, 0.1) is 12.8 Å². The van der Waals surface area contributed by atoms with E-state index in [2.05, 4.69) is 10.2 Å². The molecule has 1 amide bonds. The number of amides is 1. The van der Waals surface area contributed by atoms with Gasteiger partial charge in [0.05, 0.1) is 16.3 Å². The van der Waals surface area contributed by atoms with Crippen LogP contribution >= 0.6 is 11.6 Å². The Bertz CT molecular complexity index is 1370. The molecule has 0 radical (unpaired) electrons. The fraction of sp³-hybridized carbons (Fsp3) is 0.385. The molecule has 2 fully saturated rings. The maximum atomic E-state index is 13.0. The number of pyridine rings is 1. The molecule has 9 heteroatoms. The molecule has 0 saturated carbocycles. The number of sulfonamides is 1. The van der Waals surface area contributed by atoms with Gasteiger partial charge in [0, 0.05) is 42.3 Å². The molecule has 1 atom stereocenters. The van der Waals surface area contributed by atoms with Gasteiger partial charge in [-0.05, 0) is 80.6 Å². The first-order valence-electron chi connectivity index (χ1n) is 12.0. The van der Waals surface area contributed by atoms with Gasteiger partial charge in [0.25, 0.3) is 0 Å². The van der Waals surface area contributed by atoms with E-state index >= 15 is 0 Å². The van der Waals surface area contributed by atoms with Crippen LogP contribution in [0.15, 0.2) is 53.4 Å². The number of nitrogens with one attached hydrogen (secondary N) is 1. The van der Waals surface area contributed by atoms with Crippen molar-refractivity contribution in [3.63, 3.8) is 0 Å². The molecule has 3 aromatic rings. The van der Waals surface area contributed by atoms with Gasteiger partial charge in [0.2, 0.25) is 15.9 Å². The van der Waals surface area contributed by atoms with Crippen LogP contribution in [-0.4, -0.2) is 49.8 Å². The van der Waals surface area contributed by atoms with E-state index in [0.717, 1.165) is 60.2 Å². The topological polar surface area (TPSA) is 82.6 Å². The van der Waals surface area contributed by atoms with Crippen LogP contribution in [0.4, 0.5) is 11.5 Å². The number of fused-ring (bicyclic) bond motifs is 1. The molecule has 5 rings (SSSR count). The Morgan fingerprint density at radius 1 is 1.06 bits per heavy atom.